The summed E-state index contributed by atoms with van der Waals surface area (Å²) >= 11 is 0. The van der Waals surface area contributed by atoms with E-state index >= 15 is 0 Å². The Labute approximate surface area is 207 Å². The fourth-order valence-corrected chi connectivity index (χ4v) is 5.85. The molecule has 1 N–H and O–H groups in total. The van der Waals surface area contributed by atoms with Gasteiger partial charge in [-0.2, -0.15) is 0 Å². The Bertz CT molecular complexity index is 1210. The average Bonchev–Trinajstić information content (AvgIpc) is 3.00. The zero-order valence-electron chi connectivity index (χ0n) is 20.7. The second-order valence-corrected chi connectivity index (χ2v) is 10.8. The first-order valence-electron chi connectivity index (χ1n) is 11.9. The van der Waals surface area contributed by atoms with E-state index < -0.39 is 22.0 Å². The van der Waals surface area contributed by atoms with Gasteiger partial charge in [-0.05, 0) is 56.9 Å². The van der Waals surface area contributed by atoms with Gasteiger partial charge < -0.3 is 10.2 Å². The van der Waals surface area contributed by atoms with Crippen molar-refractivity contribution in [3.05, 3.63) is 65.2 Å². The highest BCUT2D eigenvalue weighted by atomic mass is 32.2. The first-order valence-corrected chi connectivity index (χ1v) is 13.3. The van der Waals surface area contributed by atoms with Crippen molar-refractivity contribution in [2.24, 2.45) is 0 Å². The van der Waals surface area contributed by atoms with Crippen LogP contribution in [0.4, 0.5) is 0 Å². The minimum atomic E-state index is -3.92. The predicted molar refractivity (Wildman–Crippen MR) is 133 cm³/mol. The van der Waals surface area contributed by atoms with Crippen LogP contribution in [0.3, 0.4) is 0 Å². The maximum Gasteiger partial charge on any atom is 0.269 e. The summed E-state index contributed by atoms with van der Waals surface area (Å²) in [4.78, 5) is 40.5. The predicted octanol–water partition coefficient (Wildman–Crippen LogP) is 3.25. The van der Waals surface area contributed by atoms with Crippen molar-refractivity contribution in [3.8, 4) is 0 Å². The first kappa shape index (κ1) is 26.4. The molecule has 2 aromatic carbocycles. The molecule has 1 atom stereocenters. The van der Waals surface area contributed by atoms with Crippen LogP contribution in [-0.2, 0) is 26.2 Å². The molecular weight excluding hydrogens is 466 g/mol. The minimum absolute atomic E-state index is 0.00564. The molecule has 3 amide bonds. The van der Waals surface area contributed by atoms with Crippen LogP contribution in [0.1, 0.15) is 61.5 Å². The molecule has 0 spiro atoms. The lowest BCUT2D eigenvalue weighted by Crippen LogP contribution is -2.50. The highest BCUT2D eigenvalue weighted by molar-refractivity contribution is 7.90. The molecule has 188 valence electrons. The first-order chi connectivity index (χ1) is 16.6. The summed E-state index contributed by atoms with van der Waals surface area (Å²) in [5, 5.41) is 2.89. The van der Waals surface area contributed by atoms with E-state index in [0.29, 0.717) is 6.42 Å². The lowest BCUT2D eigenvalue weighted by Gasteiger charge is -2.32. The van der Waals surface area contributed by atoms with E-state index in [1.165, 1.54) is 12.1 Å². The zero-order chi connectivity index (χ0) is 25.8. The number of carbonyl (C=O) groups excluding carboxylic acids is 3. The Morgan fingerprint density at radius 1 is 1.06 bits per heavy atom. The van der Waals surface area contributed by atoms with Crippen LogP contribution in [0, 0.1) is 6.92 Å². The van der Waals surface area contributed by atoms with Crippen LogP contribution < -0.4 is 5.32 Å². The van der Waals surface area contributed by atoms with Crippen LogP contribution in [0.25, 0.3) is 0 Å². The van der Waals surface area contributed by atoms with Gasteiger partial charge >= 0.3 is 0 Å². The lowest BCUT2D eigenvalue weighted by molar-refractivity contribution is -0.141. The summed E-state index contributed by atoms with van der Waals surface area (Å²) in [6.45, 7) is 7.70. The Hall–Kier alpha value is -3.20. The lowest BCUT2D eigenvalue weighted by atomic mass is 10.0. The molecular formula is C26H33N3O5S. The van der Waals surface area contributed by atoms with Gasteiger partial charge in [0.1, 0.15) is 10.9 Å². The molecule has 2 aromatic rings. The molecule has 0 radical (unpaired) electrons. The molecule has 0 saturated carbocycles. The van der Waals surface area contributed by atoms with Gasteiger partial charge in [0.05, 0.1) is 5.56 Å². The van der Waals surface area contributed by atoms with E-state index in [2.05, 4.69) is 5.32 Å². The maximum atomic E-state index is 13.4. The Balaban J connectivity index is 1.76. The summed E-state index contributed by atoms with van der Waals surface area (Å²) in [5.74, 6) is -1.06. The quantitative estimate of drug-likeness (QED) is 0.540. The molecule has 3 rings (SSSR count). The van der Waals surface area contributed by atoms with Gasteiger partial charge in [0.2, 0.25) is 11.8 Å². The number of nitrogens with zero attached hydrogens (tertiary/aromatic N) is 2. The van der Waals surface area contributed by atoms with Gasteiger partial charge in [0, 0.05) is 25.6 Å². The van der Waals surface area contributed by atoms with E-state index in [-0.39, 0.29) is 54.2 Å². The summed E-state index contributed by atoms with van der Waals surface area (Å²) < 4.78 is 26.4. The standard InChI is InChI=1S/C26H33N3O5S/c1-5-22(25(31)27-18(2)3)28(17-20-12-7-6-11-19(20)4)24(30)15-10-16-29-26(32)21-13-8-9-14-23(21)35(29,33)34/h6-9,11-14,18,22H,5,10,15-17H2,1-4H3,(H,27,31)/t22-/m0/s1. The van der Waals surface area contributed by atoms with Gasteiger partial charge in [0.15, 0.2) is 0 Å². The summed E-state index contributed by atoms with van der Waals surface area (Å²) in [6.07, 6.45) is 0.599. The fraction of sp³-hybridized carbons (Fsp3) is 0.423. The number of amides is 3. The highest BCUT2D eigenvalue weighted by Gasteiger charge is 2.40. The van der Waals surface area contributed by atoms with Crippen LogP contribution in [0.15, 0.2) is 53.4 Å². The van der Waals surface area contributed by atoms with Crippen molar-refractivity contribution in [3.63, 3.8) is 0 Å². The summed E-state index contributed by atoms with van der Waals surface area (Å²) in [6, 6.07) is 13.1. The third-order valence-corrected chi connectivity index (χ3v) is 7.92. The van der Waals surface area contributed by atoms with Gasteiger partial charge in [-0.25, -0.2) is 12.7 Å². The minimum Gasteiger partial charge on any atom is -0.352 e. The highest BCUT2D eigenvalue weighted by Crippen LogP contribution is 2.30. The van der Waals surface area contributed by atoms with E-state index in [0.717, 1.165) is 15.4 Å². The largest absolute Gasteiger partial charge is 0.352 e. The molecule has 1 aliphatic heterocycles. The van der Waals surface area contributed by atoms with Gasteiger partial charge in [0.25, 0.3) is 15.9 Å². The van der Waals surface area contributed by atoms with E-state index in [1.807, 2.05) is 52.0 Å². The molecule has 0 bridgehead atoms. The molecule has 35 heavy (non-hydrogen) atoms. The Kier molecular flexibility index (Phi) is 8.32. The molecule has 9 heteroatoms. The van der Waals surface area contributed by atoms with Gasteiger partial charge in [-0.1, -0.05) is 43.3 Å². The Morgan fingerprint density at radius 3 is 2.34 bits per heavy atom. The van der Waals surface area contributed by atoms with Crippen molar-refractivity contribution in [2.45, 2.75) is 70.5 Å². The topological polar surface area (TPSA) is 104 Å². The number of nitrogens with one attached hydrogen (secondary N) is 1. The number of carbonyl (C=O) groups is 3. The molecule has 8 nitrogen and oxygen atoms in total. The summed E-state index contributed by atoms with van der Waals surface area (Å²) in [7, 11) is -3.92. The van der Waals surface area contributed by atoms with E-state index in [4.69, 9.17) is 0 Å². The average molecular weight is 500 g/mol. The molecule has 0 fully saturated rings. The van der Waals surface area contributed by atoms with Crippen LogP contribution >= 0.6 is 0 Å². The Morgan fingerprint density at radius 2 is 1.71 bits per heavy atom. The van der Waals surface area contributed by atoms with Crippen molar-refractivity contribution in [1.29, 1.82) is 0 Å². The zero-order valence-corrected chi connectivity index (χ0v) is 21.5. The van der Waals surface area contributed by atoms with Crippen molar-refractivity contribution < 1.29 is 22.8 Å². The second kappa shape index (κ2) is 11.0. The molecule has 0 aliphatic carbocycles. The SMILES string of the molecule is CC[C@@H](C(=O)NC(C)C)N(Cc1ccccc1C)C(=O)CCCN1C(=O)c2ccccc2S1(=O)=O. The van der Waals surface area contributed by atoms with Crippen LogP contribution in [-0.4, -0.2) is 54.0 Å². The van der Waals surface area contributed by atoms with E-state index in [1.54, 1.807) is 17.0 Å². The monoisotopic (exact) mass is 499 g/mol. The number of hydrogen-bond donors (Lipinski definition) is 1. The van der Waals surface area contributed by atoms with Gasteiger partial charge in [-0.3, -0.25) is 14.4 Å². The molecule has 0 unspecified atom stereocenters. The number of rotatable bonds is 10. The summed E-state index contributed by atoms with van der Waals surface area (Å²) in [5.41, 5.74) is 2.09. The van der Waals surface area contributed by atoms with Crippen molar-refractivity contribution in [2.75, 3.05) is 6.54 Å². The number of benzene rings is 2. The molecule has 1 heterocycles. The third-order valence-electron chi connectivity index (χ3n) is 6.08. The van der Waals surface area contributed by atoms with Crippen LogP contribution in [0.5, 0.6) is 0 Å². The number of aryl methyl sites for hydroxylation is 1. The van der Waals surface area contributed by atoms with Crippen LogP contribution in [0.2, 0.25) is 0 Å². The maximum absolute atomic E-state index is 13.4. The smallest absolute Gasteiger partial charge is 0.269 e. The molecule has 1 aliphatic rings. The molecule has 0 saturated heterocycles. The number of fused-ring (bicyclic) bond motifs is 1. The van der Waals surface area contributed by atoms with E-state index in [9.17, 15) is 22.8 Å². The number of hydrogen-bond acceptors (Lipinski definition) is 5. The third kappa shape index (κ3) is 5.73. The fourth-order valence-electron chi connectivity index (χ4n) is 4.24. The molecule has 0 aromatic heterocycles. The second-order valence-electron chi connectivity index (χ2n) is 9.02. The number of sulfonamides is 1. The van der Waals surface area contributed by atoms with Crippen molar-refractivity contribution in [1.82, 2.24) is 14.5 Å². The van der Waals surface area contributed by atoms with Gasteiger partial charge in [-0.15, -0.1) is 0 Å². The normalized spacial score (nSPS) is 15.1. The van der Waals surface area contributed by atoms with Crippen molar-refractivity contribution >= 4 is 27.7 Å².